The number of aliphatic hydroxyl groups is 3. The van der Waals surface area contributed by atoms with Crippen molar-refractivity contribution in [2.75, 3.05) is 19.8 Å². The van der Waals surface area contributed by atoms with Crippen LogP contribution in [0.1, 0.15) is 176 Å². The number of ether oxygens (including phenoxy) is 3. The summed E-state index contributed by atoms with van der Waals surface area (Å²) in [5, 5.41) is 33.2. The zero-order chi connectivity index (χ0) is 48.5. The van der Waals surface area contributed by atoms with Crippen molar-refractivity contribution in [2.24, 2.45) is 69.5 Å². The lowest BCUT2D eigenvalue weighted by Gasteiger charge is -2.62. The highest BCUT2D eigenvalue weighted by atomic mass is 19.3. The summed E-state index contributed by atoms with van der Waals surface area (Å²) in [6.07, 6.45) is 16.9. The fourth-order valence-corrected chi connectivity index (χ4v) is 16.3. The molecule has 0 aromatic heterocycles. The van der Waals surface area contributed by atoms with Gasteiger partial charge in [-0.3, -0.25) is 14.4 Å². The summed E-state index contributed by atoms with van der Waals surface area (Å²) in [6.45, 7) is 5.94. The van der Waals surface area contributed by atoms with Crippen LogP contribution < -0.4 is 0 Å². The van der Waals surface area contributed by atoms with Gasteiger partial charge < -0.3 is 29.5 Å². The van der Waals surface area contributed by atoms with Crippen molar-refractivity contribution in [3.05, 3.63) is 0 Å². The Balaban J connectivity index is 0.000000147. The topological polar surface area (TPSA) is 140 Å². The lowest BCUT2D eigenvalue weighted by Crippen LogP contribution is -2.63. The first-order valence-electron chi connectivity index (χ1n) is 25.4. The maximum atomic E-state index is 13.0. The molecule has 12 fully saturated rings. The molecule has 9 nitrogen and oxygen atoms in total. The Morgan fingerprint density at radius 2 is 0.727 bits per heavy atom. The summed E-state index contributed by atoms with van der Waals surface area (Å²) in [5.41, 5.74) is -3.87. The van der Waals surface area contributed by atoms with E-state index in [9.17, 15) is 56.0 Å². The van der Waals surface area contributed by atoms with Crippen LogP contribution in [0.5, 0.6) is 0 Å². The SMILES string of the molecule is CCC1(O)C2CC3CC1CC(C(=O)OCC(C)(F)F)(C3)C2.CCCC1(O)C2CC3CC1CC(C(=O)OCC(C)(F)F)(C3)C2.CCCCC1(O)C2CC3CC1CC(C(=O)OCC(C)(F)F)(C3)C2. The lowest BCUT2D eigenvalue weighted by molar-refractivity contribution is -0.220. The normalized spacial score (nSPS) is 43.4. The molecule has 15 heteroatoms. The summed E-state index contributed by atoms with van der Waals surface area (Å²) in [7, 11) is 0. The van der Waals surface area contributed by atoms with E-state index in [2.05, 4.69) is 13.8 Å². The summed E-state index contributed by atoms with van der Waals surface area (Å²) < 4.78 is 92.6. The third-order valence-electron chi connectivity index (χ3n) is 18.6. The molecule has 0 spiro atoms. The van der Waals surface area contributed by atoms with Crippen molar-refractivity contribution in [3.8, 4) is 0 Å². The maximum Gasteiger partial charge on any atom is 0.312 e. The van der Waals surface area contributed by atoms with Gasteiger partial charge in [0.1, 0.15) is 0 Å². The van der Waals surface area contributed by atoms with Crippen molar-refractivity contribution in [3.63, 3.8) is 0 Å². The van der Waals surface area contributed by atoms with Gasteiger partial charge in [0.15, 0.2) is 19.8 Å². The minimum absolute atomic E-state index is 0.114. The molecule has 12 saturated carbocycles. The molecule has 0 aromatic rings. The second-order valence-electron chi connectivity index (χ2n) is 24.0. The van der Waals surface area contributed by atoms with Crippen LogP contribution in [0.3, 0.4) is 0 Å². The highest BCUT2D eigenvalue weighted by Crippen LogP contribution is 2.67. The molecule has 0 amide bonds. The van der Waals surface area contributed by atoms with Crippen molar-refractivity contribution in [2.45, 2.75) is 211 Å². The summed E-state index contributed by atoms with van der Waals surface area (Å²) >= 11 is 0. The number of halogens is 6. The van der Waals surface area contributed by atoms with Crippen molar-refractivity contribution in [1.82, 2.24) is 0 Å². The number of alkyl halides is 6. The van der Waals surface area contributed by atoms with E-state index in [0.29, 0.717) is 62.7 Å². The van der Waals surface area contributed by atoms with Gasteiger partial charge in [-0.2, -0.15) is 0 Å². The Morgan fingerprint density at radius 3 is 0.970 bits per heavy atom. The zero-order valence-corrected chi connectivity index (χ0v) is 40.2. The molecule has 6 unspecified atom stereocenters. The summed E-state index contributed by atoms with van der Waals surface area (Å²) in [6, 6.07) is 0. The Morgan fingerprint density at radius 1 is 0.455 bits per heavy atom. The number of hydrogen-bond acceptors (Lipinski definition) is 9. The molecule has 3 N–H and O–H groups in total. The minimum Gasteiger partial charge on any atom is -0.459 e. The van der Waals surface area contributed by atoms with E-state index in [4.69, 9.17) is 14.2 Å². The number of hydrogen-bond donors (Lipinski definition) is 3. The second kappa shape index (κ2) is 18.2. The number of esters is 3. The van der Waals surface area contributed by atoms with E-state index in [1.165, 1.54) is 0 Å². The largest absolute Gasteiger partial charge is 0.459 e. The first kappa shape index (κ1) is 51.7. The standard InChI is InChI=1S/C18H28F2O3.C17H26F2O3.C16H24F2O3/c1-3-4-5-18(22)13-6-12-7-14(18)10-17(8-12,9-13)15(21)23-11-16(2,19)20;1-3-4-17(21)12-5-11-6-13(17)9-16(7-11,8-12)14(20)22-10-15(2,18)19;1-3-16(20)11-4-10-5-12(16)8-15(6-10,7-11)13(19)21-9-14(2,17)18/h12-14,22H,3-11H2,1-2H3;11-13,21H,3-10H2,1-2H3;10-12,20H,3-9H2,1-2H3. The molecule has 66 heavy (non-hydrogen) atoms. The molecule has 0 aromatic carbocycles. The quantitative estimate of drug-likeness (QED) is 0.0832. The van der Waals surface area contributed by atoms with Crippen LogP contribution in [-0.2, 0) is 28.6 Å². The van der Waals surface area contributed by atoms with Gasteiger partial charge >= 0.3 is 17.9 Å². The van der Waals surface area contributed by atoms with E-state index in [0.717, 1.165) is 111 Å². The van der Waals surface area contributed by atoms with Crippen molar-refractivity contribution in [1.29, 1.82) is 0 Å². The average Bonchev–Trinajstić information content (AvgIpc) is 3.22. The third kappa shape index (κ3) is 10.1. The molecule has 0 aliphatic heterocycles. The Labute approximate surface area is 387 Å². The predicted octanol–water partition coefficient (Wildman–Crippen LogP) is 10.6. The smallest absolute Gasteiger partial charge is 0.312 e. The van der Waals surface area contributed by atoms with Crippen molar-refractivity contribution >= 4 is 17.9 Å². The summed E-state index contributed by atoms with van der Waals surface area (Å²) in [4.78, 5) is 37.4. The van der Waals surface area contributed by atoms with Gasteiger partial charge in [0.05, 0.1) is 33.0 Å². The van der Waals surface area contributed by atoms with Crippen LogP contribution in [0.25, 0.3) is 0 Å². The van der Waals surface area contributed by atoms with Crippen LogP contribution in [-0.4, -0.2) is 87.6 Å². The van der Waals surface area contributed by atoms with Crippen LogP contribution in [0.2, 0.25) is 0 Å². The Kier molecular flexibility index (Phi) is 14.3. The lowest BCUT2D eigenvalue weighted by atomic mass is 9.44. The number of rotatable bonds is 15. The Bertz CT molecular complexity index is 1720. The monoisotopic (exact) mass is 949 g/mol. The van der Waals surface area contributed by atoms with Crippen LogP contribution in [0.15, 0.2) is 0 Å². The molecular weight excluding hydrogens is 871 g/mol. The summed E-state index contributed by atoms with van der Waals surface area (Å²) in [5.74, 6) is -8.34. The van der Waals surface area contributed by atoms with Gasteiger partial charge in [-0.1, -0.05) is 40.0 Å². The highest BCUT2D eigenvalue weighted by Gasteiger charge is 2.67. The van der Waals surface area contributed by atoms with E-state index < -0.39 is 88.5 Å². The second-order valence-corrected chi connectivity index (χ2v) is 24.0. The van der Waals surface area contributed by atoms with Crippen molar-refractivity contribution < 1.29 is 70.3 Å². The van der Waals surface area contributed by atoms with E-state index >= 15 is 0 Å². The van der Waals surface area contributed by atoms with E-state index in [1.807, 2.05) is 6.92 Å². The molecule has 0 heterocycles. The highest BCUT2D eigenvalue weighted by molar-refractivity contribution is 5.79. The molecule has 12 bridgehead atoms. The first-order valence-corrected chi connectivity index (χ1v) is 25.4. The molecule has 12 aliphatic carbocycles. The van der Waals surface area contributed by atoms with E-state index in [-0.39, 0.29) is 35.5 Å². The van der Waals surface area contributed by atoms with Gasteiger partial charge in [0.2, 0.25) is 0 Å². The fourth-order valence-electron chi connectivity index (χ4n) is 16.3. The minimum atomic E-state index is -2.99. The number of unbranched alkanes of at least 4 members (excludes halogenated alkanes) is 1. The maximum absolute atomic E-state index is 13.0. The van der Waals surface area contributed by atoms with Gasteiger partial charge in [-0.25, -0.2) is 26.3 Å². The molecule has 6 atom stereocenters. The molecular formula is C51H78F6O9. The molecule has 378 valence electrons. The Hall–Kier alpha value is -2.13. The van der Waals surface area contributed by atoms with Gasteiger partial charge in [-0.15, -0.1) is 0 Å². The van der Waals surface area contributed by atoms with Gasteiger partial charge in [0, 0.05) is 20.8 Å². The van der Waals surface area contributed by atoms with Crippen LogP contribution >= 0.6 is 0 Å². The van der Waals surface area contributed by atoms with Crippen LogP contribution in [0.4, 0.5) is 26.3 Å². The van der Waals surface area contributed by atoms with E-state index in [1.54, 1.807) is 0 Å². The third-order valence-corrected chi connectivity index (χ3v) is 18.6. The molecule has 12 rings (SSSR count). The number of carbonyl (C=O) groups excluding carboxylic acids is 3. The molecule has 0 radical (unpaired) electrons. The van der Waals surface area contributed by atoms with Gasteiger partial charge in [0.25, 0.3) is 17.8 Å². The van der Waals surface area contributed by atoms with Gasteiger partial charge in [-0.05, 0) is 169 Å². The first-order chi connectivity index (χ1) is 30.6. The zero-order valence-electron chi connectivity index (χ0n) is 40.2. The fraction of sp³-hybridized carbons (Fsp3) is 0.941. The average molecular weight is 949 g/mol. The predicted molar refractivity (Wildman–Crippen MR) is 232 cm³/mol. The molecule has 12 aliphatic rings. The van der Waals surface area contributed by atoms with Crippen LogP contribution in [0, 0.1) is 69.5 Å². The molecule has 0 saturated heterocycles. The number of carbonyl (C=O) groups is 3.